The Morgan fingerprint density at radius 3 is 2.19 bits per heavy atom. The van der Waals surface area contributed by atoms with E-state index in [1.165, 1.54) is 0 Å². The van der Waals surface area contributed by atoms with Crippen LogP contribution in [-0.2, 0) is 9.53 Å². The highest BCUT2D eigenvalue weighted by Crippen LogP contribution is 2.20. The van der Waals surface area contributed by atoms with E-state index >= 15 is 0 Å². The minimum Gasteiger partial charge on any atom is -0.372 e. The lowest BCUT2D eigenvalue weighted by atomic mass is 9.91. The zero-order valence-electron chi connectivity index (χ0n) is 10.5. The number of nitrogens with two attached hydrogens (primary N) is 1. The molecule has 2 N–H and O–H groups in total. The van der Waals surface area contributed by atoms with Crippen LogP contribution < -0.4 is 5.73 Å². The number of carbonyl (C=O) groups excluding carboxylic acids is 1. The van der Waals surface area contributed by atoms with Crippen molar-refractivity contribution < 1.29 is 9.53 Å². The van der Waals surface area contributed by atoms with E-state index in [2.05, 4.69) is 0 Å². The van der Waals surface area contributed by atoms with Crippen molar-refractivity contribution in [1.29, 1.82) is 0 Å². The van der Waals surface area contributed by atoms with Crippen molar-refractivity contribution in [2.45, 2.75) is 39.9 Å². The van der Waals surface area contributed by atoms with E-state index in [0.29, 0.717) is 19.6 Å². The Bertz CT molecular complexity index is 236. The molecule has 0 aromatic carbocycles. The van der Waals surface area contributed by atoms with Gasteiger partial charge < -0.3 is 15.4 Å². The first-order valence-electron chi connectivity index (χ1n) is 5.51. The molecule has 1 aliphatic rings. The monoisotopic (exact) mass is 250 g/mol. The number of hydrogen-bond donors (Lipinski definition) is 1. The number of nitrogens with zero attached hydrogens (tertiary/aromatic N) is 1. The molecule has 0 aromatic rings. The van der Waals surface area contributed by atoms with Gasteiger partial charge in [-0.25, -0.2) is 0 Å². The van der Waals surface area contributed by atoms with E-state index in [1.54, 1.807) is 0 Å². The van der Waals surface area contributed by atoms with Gasteiger partial charge >= 0.3 is 0 Å². The summed E-state index contributed by atoms with van der Waals surface area (Å²) in [6.45, 7) is 9.49. The van der Waals surface area contributed by atoms with E-state index in [1.807, 2.05) is 32.6 Å². The van der Waals surface area contributed by atoms with Crippen molar-refractivity contribution in [3.05, 3.63) is 0 Å². The van der Waals surface area contributed by atoms with Crippen LogP contribution in [0.3, 0.4) is 0 Å². The number of hydrogen-bond acceptors (Lipinski definition) is 3. The zero-order chi connectivity index (χ0) is 11.6. The van der Waals surface area contributed by atoms with Crippen molar-refractivity contribution in [3.63, 3.8) is 0 Å². The molecule has 16 heavy (non-hydrogen) atoms. The molecule has 1 amide bonds. The number of rotatable bonds is 2. The number of ether oxygens (including phenoxy) is 1. The number of carbonyl (C=O) groups is 1. The third kappa shape index (κ3) is 3.61. The molecule has 0 bridgehead atoms. The Labute approximate surface area is 104 Å². The van der Waals surface area contributed by atoms with E-state index in [9.17, 15) is 4.79 Å². The van der Waals surface area contributed by atoms with Crippen LogP contribution in [0.25, 0.3) is 0 Å². The average molecular weight is 251 g/mol. The van der Waals surface area contributed by atoms with Gasteiger partial charge in [0, 0.05) is 19.6 Å². The molecule has 5 heteroatoms. The quantitative estimate of drug-likeness (QED) is 0.797. The summed E-state index contributed by atoms with van der Waals surface area (Å²) in [6.07, 6.45) is 0.234. The van der Waals surface area contributed by atoms with Crippen molar-refractivity contribution in [3.8, 4) is 0 Å². The van der Waals surface area contributed by atoms with Crippen LogP contribution in [0, 0.1) is 5.41 Å². The number of halogens is 1. The molecule has 0 aliphatic carbocycles. The molecule has 96 valence electrons. The maximum absolute atomic E-state index is 12.1. The van der Waals surface area contributed by atoms with Crippen LogP contribution in [0.4, 0.5) is 0 Å². The lowest BCUT2D eigenvalue weighted by molar-refractivity contribution is -0.151. The standard InChI is InChI=1S/C11H22N2O2.ClH/c1-8-5-13(6-9(2)15-8)10(14)11(3,4)7-12;/h8-9H,5-7,12H2,1-4H3;1H. The summed E-state index contributed by atoms with van der Waals surface area (Å²) in [5.41, 5.74) is 5.14. The van der Waals surface area contributed by atoms with E-state index < -0.39 is 5.41 Å². The van der Waals surface area contributed by atoms with Gasteiger partial charge in [0.1, 0.15) is 0 Å². The van der Waals surface area contributed by atoms with E-state index in [-0.39, 0.29) is 30.5 Å². The van der Waals surface area contributed by atoms with Gasteiger partial charge in [0.15, 0.2) is 0 Å². The van der Waals surface area contributed by atoms with Crippen molar-refractivity contribution in [2.75, 3.05) is 19.6 Å². The number of morpholine rings is 1. The molecule has 1 saturated heterocycles. The first-order chi connectivity index (χ1) is 6.86. The molecule has 2 unspecified atom stereocenters. The lowest BCUT2D eigenvalue weighted by Crippen LogP contribution is -2.53. The van der Waals surface area contributed by atoms with Crippen LogP contribution in [0.2, 0.25) is 0 Å². The third-order valence-corrected chi connectivity index (χ3v) is 2.80. The smallest absolute Gasteiger partial charge is 0.229 e. The highest BCUT2D eigenvalue weighted by Gasteiger charge is 2.34. The molecule has 4 nitrogen and oxygen atoms in total. The molecule has 1 rings (SSSR count). The van der Waals surface area contributed by atoms with E-state index in [0.717, 1.165) is 0 Å². The SMILES string of the molecule is CC1CN(C(=O)C(C)(C)CN)CC(C)O1.Cl. The Morgan fingerprint density at radius 1 is 1.38 bits per heavy atom. The Morgan fingerprint density at radius 2 is 1.81 bits per heavy atom. The molecule has 2 atom stereocenters. The van der Waals surface area contributed by atoms with Crippen LogP contribution >= 0.6 is 12.4 Å². The largest absolute Gasteiger partial charge is 0.372 e. The summed E-state index contributed by atoms with van der Waals surface area (Å²) >= 11 is 0. The number of amides is 1. The minimum absolute atomic E-state index is 0. The fourth-order valence-corrected chi connectivity index (χ4v) is 1.86. The zero-order valence-corrected chi connectivity index (χ0v) is 11.3. The van der Waals surface area contributed by atoms with Gasteiger partial charge in [-0.1, -0.05) is 0 Å². The van der Waals surface area contributed by atoms with Crippen LogP contribution in [-0.4, -0.2) is 42.6 Å². The lowest BCUT2D eigenvalue weighted by Gasteiger charge is -2.39. The molecule has 0 spiro atoms. The van der Waals surface area contributed by atoms with Crippen molar-refractivity contribution in [2.24, 2.45) is 11.1 Å². The van der Waals surface area contributed by atoms with Gasteiger partial charge in [-0.05, 0) is 27.7 Å². The van der Waals surface area contributed by atoms with Gasteiger partial charge in [-0.15, -0.1) is 12.4 Å². The van der Waals surface area contributed by atoms with Crippen LogP contribution in [0.15, 0.2) is 0 Å². The summed E-state index contributed by atoms with van der Waals surface area (Å²) in [5, 5.41) is 0. The van der Waals surface area contributed by atoms with E-state index in [4.69, 9.17) is 10.5 Å². The third-order valence-electron chi connectivity index (χ3n) is 2.80. The van der Waals surface area contributed by atoms with Gasteiger partial charge in [-0.2, -0.15) is 0 Å². The molecule has 0 radical (unpaired) electrons. The molecular formula is C11H23ClN2O2. The Balaban J connectivity index is 0.00000225. The molecule has 1 aliphatic heterocycles. The topological polar surface area (TPSA) is 55.6 Å². The molecule has 1 fully saturated rings. The predicted molar refractivity (Wildman–Crippen MR) is 66.7 cm³/mol. The Hall–Kier alpha value is -0.320. The summed E-state index contributed by atoms with van der Waals surface area (Å²) in [4.78, 5) is 14.0. The van der Waals surface area contributed by atoms with Gasteiger partial charge in [0.25, 0.3) is 0 Å². The van der Waals surface area contributed by atoms with Crippen molar-refractivity contribution in [1.82, 2.24) is 4.90 Å². The maximum atomic E-state index is 12.1. The Kier molecular flexibility index (Phi) is 5.73. The highest BCUT2D eigenvalue weighted by atomic mass is 35.5. The fraction of sp³-hybridized carbons (Fsp3) is 0.909. The van der Waals surface area contributed by atoms with Crippen LogP contribution in [0.5, 0.6) is 0 Å². The molecule has 0 saturated carbocycles. The van der Waals surface area contributed by atoms with Crippen molar-refractivity contribution >= 4 is 18.3 Å². The first kappa shape index (κ1) is 15.7. The average Bonchev–Trinajstić information content (AvgIpc) is 2.15. The highest BCUT2D eigenvalue weighted by molar-refractivity contribution is 5.85. The summed E-state index contributed by atoms with van der Waals surface area (Å²) < 4.78 is 5.59. The maximum Gasteiger partial charge on any atom is 0.229 e. The summed E-state index contributed by atoms with van der Waals surface area (Å²) in [6, 6.07) is 0. The fourth-order valence-electron chi connectivity index (χ4n) is 1.86. The second-order valence-electron chi connectivity index (χ2n) is 5.06. The predicted octanol–water partition coefficient (Wildman–Crippen LogP) is 1.03. The molecule has 1 heterocycles. The normalized spacial score (nSPS) is 26.2. The first-order valence-corrected chi connectivity index (χ1v) is 5.51. The molecule has 0 aromatic heterocycles. The molecular weight excluding hydrogens is 228 g/mol. The van der Waals surface area contributed by atoms with Crippen LogP contribution in [0.1, 0.15) is 27.7 Å². The summed E-state index contributed by atoms with van der Waals surface area (Å²) in [7, 11) is 0. The second kappa shape index (κ2) is 5.84. The summed E-state index contributed by atoms with van der Waals surface area (Å²) in [5.74, 6) is 0.131. The van der Waals surface area contributed by atoms with Gasteiger partial charge in [0.05, 0.1) is 17.6 Å². The second-order valence-corrected chi connectivity index (χ2v) is 5.06. The minimum atomic E-state index is -0.462. The van der Waals surface area contributed by atoms with Gasteiger partial charge in [0.2, 0.25) is 5.91 Å². The van der Waals surface area contributed by atoms with Gasteiger partial charge in [-0.3, -0.25) is 4.79 Å².